The Balaban J connectivity index is 1.98. The van der Waals surface area contributed by atoms with Crippen molar-refractivity contribution in [1.29, 1.82) is 0 Å². The molecule has 1 aliphatic heterocycles. The van der Waals surface area contributed by atoms with Gasteiger partial charge in [0, 0.05) is 0 Å². The summed E-state index contributed by atoms with van der Waals surface area (Å²) in [4.78, 5) is 50.6. The molecule has 0 saturated carbocycles. The van der Waals surface area contributed by atoms with E-state index in [-0.39, 0.29) is 16.8 Å². The second-order valence-corrected chi connectivity index (χ2v) is 7.96. The number of hydrogen-bond donors (Lipinski definition) is 1. The summed E-state index contributed by atoms with van der Waals surface area (Å²) in [5.74, 6) is -1.21. The van der Waals surface area contributed by atoms with E-state index in [0.717, 1.165) is 11.3 Å². The molecular formula is C24H23BrN2O7. The first-order chi connectivity index (χ1) is 16.3. The predicted molar refractivity (Wildman–Crippen MR) is 128 cm³/mol. The molecule has 0 radical (unpaired) electrons. The molecule has 4 amide bonds. The lowest BCUT2D eigenvalue weighted by Crippen LogP contribution is -2.54. The van der Waals surface area contributed by atoms with Crippen LogP contribution < -0.4 is 19.7 Å². The van der Waals surface area contributed by atoms with E-state index in [1.54, 1.807) is 12.1 Å². The third kappa shape index (κ3) is 5.28. The predicted octanol–water partition coefficient (Wildman–Crippen LogP) is 4.09. The minimum atomic E-state index is -0.891. The van der Waals surface area contributed by atoms with Crippen LogP contribution in [-0.4, -0.2) is 44.1 Å². The second kappa shape index (κ2) is 11.0. The molecule has 178 valence electrons. The van der Waals surface area contributed by atoms with Crippen molar-refractivity contribution in [1.82, 2.24) is 5.32 Å². The largest absolute Gasteiger partial charge is 0.490 e. The maximum atomic E-state index is 13.1. The topological polar surface area (TPSA) is 111 Å². The van der Waals surface area contributed by atoms with E-state index < -0.39 is 23.8 Å². The molecule has 1 fully saturated rings. The number of barbiturate groups is 1. The number of anilines is 1. The first-order valence-electron chi connectivity index (χ1n) is 10.5. The van der Waals surface area contributed by atoms with Crippen LogP contribution in [0.5, 0.6) is 11.5 Å². The maximum absolute atomic E-state index is 13.1. The highest BCUT2D eigenvalue weighted by Crippen LogP contribution is 2.38. The van der Waals surface area contributed by atoms with Gasteiger partial charge in [0.2, 0.25) is 0 Å². The van der Waals surface area contributed by atoms with Gasteiger partial charge in [-0.15, -0.1) is 0 Å². The number of halogens is 1. The van der Waals surface area contributed by atoms with Crippen molar-refractivity contribution in [3.05, 3.63) is 57.6 Å². The number of urea groups is 1. The van der Waals surface area contributed by atoms with Crippen LogP contribution in [0.1, 0.15) is 36.2 Å². The fourth-order valence-corrected chi connectivity index (χ4v) is 3.78. The van der Waals surface area contributed by atoms with Gasteiger partial charge >= 0.3 is 12.0 Å². The van der Waals surface area contributed by atoms with Gasteiger partial charge in [0.05, 0.1) is 36.0 Å². The van der Waals surface area contributed by atoms with Gasteiger partial charge in [-0.2, -0.15) is 0 Å². The van der Waals surface area contributed by atoms with Crippen molar-refractivity contribution in [2.45, 2.75) is 20.3 Å². The monoisotopic (exact) mass is 530 g/mol. The molecule has 1 N–H and O–H groups in total. The quantitative estimate of drug-likeness (QED) is 0.310. The van der Waals surface area contributed by atoms with Crippen molar-refractivity contribution in [2.24, 2.45) is 0 Å². The number of nitrogens with one attached hydrogen (secondary N) is 1. The Hall–Kier alpha value is -3.66. The lowest BCUT2D eigenvalue weighted by Gasteiger charge is -2.26. The van der Waals surface area contributed by atoms with E-state index in [0.29, 0.717) is 34.7 Å². The van der Waals surface area contributed by atoms with Gasteiger partial charge in [0.1, 0.15) is 5.57 Å². The first kappa shape index (κ1) is 25.0. The molecule has 1 heterocycles. The molecule has 0 bridgehead atoms. The first-order valence-corrected chi connectivity index (χ1v) is 11.3. The third-order valence-electron chi connectivity index (χ3n) is 4.74. The smallest absolute Gasteiger partial charge is 0.337 e. The molecule has 0 spiro atoms. The summed E-state index contributed by atoms with van der Waals surface area (Å²) in [6.45, 7) is 4.69. The average Bonchev–Trinajstić information content (AvgIpc) is 2.81. The Bertz CT molecular complexity index is 1160. The molecule has 0 atom stereocenters. The van der Waals surface area contributed by atoms with Crippen molar-refractivity contribution >= 4 is 51.5 Å². The SMILES string of the molecule is CCCOc1c(Br)cc(/C=C2\C(=O)NC(=O)N(c3ccc(C(=O)OC)cc3)C2=O)cc1OCC. The van der Waals surface area contributed by atoms with E-state index in [9.17, 15) is 19.2 Å². The van der Waals surface area contributed by atoms with Crippen molar-refractivity contribution in [3.63, 3.8) is 0 Å². The minimum absolute atomic E-state index is 0.188. The molecule has 9 nitrogen and oxygen atoms in total. The van der Waals surface area contributed by atoms with Crippen molar-refractivity contribution in [2.75, 3.05) is 25.2 Å². The second-order valence-electron chi connectivity index (χ2n) is 7.11. The summed E-state index contributed by atoms with van der Waals surface area (Å²) in [6.07, 6.45) is 2.18. The van der Waals surface area contributed by atoms with Crippen LogP contribution in [0.3, 0.4) is 0 Å². The third-order valence-corrected chi connectivity index (χ3v) is 5.33. The van der Waals surface area contributed by atoms with Crippen LogP contribution in [-0.2, 0) is 14.3 Å². The minimum Gasteiger partial charge on any atom is -0.490 e. The Kier molecular flexibility index (Phi) is 8.06. The van der Waals surface area contributed by atoms with Gasteiger partial charge in [-0.05, 0) is 77.3 Å². The zero-order valence-corrected chi connectivity index (χ0v) is 20.4. The summed E-state index contributed by atoms with van der Waals surface area (Å²) in [5, 5.41) is 2.17. The van der Waals surface area contributed by atoms with Gasteiger partial charge in [-0.3, -0.25) is 14.9 Å². The van der Waals surface area contributed by atoms with Crippen molar-refractivity contribution in [3.8, 4) is 11.5 Å². The van der Waals surface area contributed by atoms with Crippen LogP contribution in [0.15, 0.2) is 46.4 Å². The number of benzene rings is 2. The van der Waals surface area contributed by atoms with Crippen LogP contribution in [0.4, 0.5) is 10.5 Å². The van der Waals surface area contributed by atoms with Gasteiger partial charge in [0.25, 0.3) is 11.8 Å². The summed E-state index contributed by atoms with van der Waals surface area (Å²) in [6, 6.07) is 8.12. The molecule has 0 aliphatic carbocycles. The zero-order chi connectivity index (χ0) is 24.8. The number of amides is 4. The zero-order valence-electron chi connectivity index (χ0n) is 18.8. The number of methoxy groups -OCH3 is 1. The lowest BCUT2D eigenvalue weighted by atomic mass is 10.1. The van der Waals surface area contributed by atoms with E-state index in [4.69, 9.17) is 9.47 Å². The fraction of sp³-hybridized carbons (Fsp3) is 0.250. The van der Waals surface area contributed by atoms with Crippen LogP contribution >= 0.6 is 15.9 Å². The normalized spacial score (nSPS) is 14.8. The summed E-state index contributed by atoms with van der Waals surface area (Å²) in [5.41, 5.74) is 0.691. The molecule has 34 heavy (non-hydrogen) atoms. The number of esters is 1. The number of nitrogens with zero attached hydrogens (tertiary/aromatic N) is 1. The van der Waals surface area contributed by atoms with Crippen LogP contribution in [0.2, 0.25) is 0 Å². The number of carbonyl (C=O) groups is 4. The van der Waals surface area contributed by atoms with Crippen LogP contribution in [0, 0.1) is 0 Å². The maximum Gasteiger partial charge on any atom is 0.337 e. The van der Waals surface area contributed by atoms with Gasteiger partial charge < -0.3 is 14.2 Å². The van der Waals surface area contributed by atoms with Gasteiger partial charge in [-0.25, -0.2) is 14.5 Å². The molecule has 0 aromatic heterocycles. The molecule has 3 rings (SSSR count). The highest BCUT2D eigenvalue weighted by Gasteiger charge is 2.37. The van der Waals surface area contributed by atoms with Gasteiger partial charge in [-0.1, -0.05) is 6.92 Å². The standard InChI is InChI=1S/C24H23BrN2O7/c1-4-10-34-20-18(25)12-14(13-19(20)33-5-2)11-17-21(28)26-24(31)27(22(17)29)16-8-6-15(7-9-16)23(30)32-3/h6-9,11-13H,4-5,10H2,1-3H3,(H,26,28,31)/b17-11+. The number of rotatable bonds is 8. The Morgan fingerprint density at radius 2 is 1.79 bits per heavy atom. The summed E-state index contributed by atoms with van der Waals surface area (Å²) >= 11 is 3.45. The Morgan fingerprint density at radius 3 is 2.41 bits per heavy atom. The van der Waals surface area contributed by atoms with E-state index in [1.807, 2.05) is 13.8 Å². The summed E-state index contributed by atoms with van der Waals surface area (Å²) in [7, 11) is 1.25. The molecular weight excluding hydrogens is 508 g/mol. The highest BCUT2D eigenvalue weighted by molar-refractivity contribution is 9.10. The molecule has 0 unspecified atom stereocenters. The molecule has 10 heteroatoms. The van der Waals surface area contributed by atoms with Crippen LogP contribution in [0.25, 0.3) is 6.08 Å². The number of ether oxygens (including phenoxy) is 3. The van der Waals surface area contributed by atoms with E-state index >= 15 is 0 Å². The summed E-state index contributed by atoms with van der Waals surface area (Å²) < 4.78 is 16.7. The Morgan fingerprint density at radius 1 is 1.09 bits per heavy atom. The average molecular weight is 531 g/mol. The molecule has 1 saturated heterocycles. The van der Waals surface area contributed by atoms with Crippen molar-refractivity contribution < 1.29 is 33.4 Å². The number of carbonyl (C=O) groups excluding carboxylic acids is 4. The lowest BCUT2D eigenvalue weighted by molar-refractivity contribution is -0.122. The highest BCUT2D eigenvalue weighted by atomic mass is 79.9. The molecule has 2 aromatic carbocycles. The number of imide groups is 2. The molecule has 2 aromatic rings. The van der Waals surface area contributed by atoms with Gasteiger partial charge in [0.15, 0.2) is 11.5 Å². The Labute approximate surface area is 204 Å². The number of hydrogen-bond acceptors (Lipinski definition) is 7. The van der Waals surface area contributed by atoms with E-state index in [1.165, 1.54) is 37.5 Å². The fourth-order valence-electron chi connectivity index (χ4n) is 3.20. The van der Waals surface area contributed by atoms with E-state index in [2.05, 4.69) is 26.0 Å². The molecule has 1 aliphatic rings.